The minimum absolute atomic E-state index is 0.0285. The number of imidazole rings is 1. The second kappa shape index (κ2) is 6.11. The maximum atomic E-state index is 12.8. The molecule has 0 spiro atoms. The van der Waals surface area contributed by atoms with E-state index >= 15 is 0 Å². The van der Waals surface area contributed by atoms with E-state index in [9.17, 15) is 4.79 Å². The highest BCUT2D eigenvalue weighted by atomic mass is 16.2. The van der Waals surface area contributed by atoms with E-state index in [1.165, 1.54) is 19.3 Å². The first-order valence-electron chi connectivity index (χ1n) is 9.53. The first kappa shape index (κ1) is 15.3. The van der Waals surface area contributed by atoms with Crippen LogP contribution in [0.2, 0.25) is 0 Å². The second-order valence-corrected chi connectivity index (χ2v) is 7.68. The lowest BCUT2D eigenvalue weighted by molar-refractivity contribution is -0.122. The van der Waals surface area contributed by atoms with E-state index in [4.69, 9.17) is 4.98 Å². The first-order chi connectivity index (χ1) is 12.3. The standard InChI is InChI=1S/C19H25N5O/c25-19(17-12-23-7-2-8-24(17)10-9-23)20-14-5-6-15-16(11-14)22-18(21-15)13-3-1-4-13/h5-6,11,13,17H,1-4,7-10,12H2,(H,20,25)(H,21,22)/t17-/m0/s1. The number of anilines is 1. The molecule has 6 heteroatoms. The summed E-state index contributed by atoms with van der Waals surface area (Å²) in [6, 6.07) is 5.97. The second-order valence-electron chi connectivity index (χ2n) is 7.68. The summed E-state index contributed by atoms with van der Waals surface area (Å²) >= 11 is 0. The number of fused-ring (bicyclic) bond motifs is 5. The molecule has 0 radical (unpaired) electrons. The van der Waals surface area contributed by atoms with Crippen molar-refractivity contribution in [3.63, 3.8) is 0 Å². The van der Waals surface area contributed by atoms with Crippen LogP contribution in [0.4, 0.5) is 5.69 Å². The molecule has 4 heterocycles. The number of hydrogen-bond donors (Lipinski definition) is 2. The van der Waals surface area contributed by atoms with Gasteiger partial charge in [0.1, 0.15) is 11.9 Å². The van der Waals surface area contributed by atoms with Gasteiger partial charge in [-0.25, -0.2) is 4.98 Å². The summed E-state index contributed by atoms with van der Waals surface area (Å²) in [5, 5.41) is 3.13. The third kappa shape index (κ3) is 2.83. The van der Waals surface area contributed by atoms with Crippen molar-refractivity contribution in [2.45, 2.75) is 37.6 Å². The van der Waals surface area contributed by atoms with Gasteiger partial charge in [-0.1, -0.05) is 6.42 Å². The van der Waals surface area contributed by atoms with Crippen molar-refractivity contribution in [2.24, 2.45) is 0 Å². The molecule has 6 nitrogen and oxygen atoms in total. The van der Waals surface area contributed by atoms with Crippen LogP contribution in [0.5, 0.6) is 0 Å². The van der Waals surface area contributed by atoms with Crippen molar-refractivity contribution in [1.29, 1.82) is 0 Å². The zero-order chi connectivity index (χ0) is 16.8. The van der Waals surface area contributed by atoms with Gasteiger partial charge < -0.3 is 10.3 Å². The van der Waals surface area contributed by atoms with E-state index in [1.54, 1.807) is 0 Å². The molecule has 6 rings (SSSR count). The topological polar surface area (TPSA) is 64.3 Å². The zero-order valence-corrected chi connectivity index (χ0v) is 14.5. The Morgan fingerprint density at radius 1 is 1.16 bits per heavy atom. The minimum Gasteiger partial charge on any atom is -0.342 e. The lowest BCUT2D eigenvalue weighted by Gasteiger charge is -2.36. The molecule has 2 unspecified atom stereocenters. The molecule has 4 aliphatic rings. The lowest BCUT2D eigenvalue weighted by Crippen LogP contribution is -2.55. The Hall–Kier alpha value is -1.92. The molecule has 1 aromatic heterocycles. The molecule has 1 amide bonds. The first-order valence-corrected chi connectivity index (χ1v) is 9.53. The Morgan fingerprint density at radius 3 is 2.92 bits per heavy atom. The minimum atomic E-state index is -0.0285. The largest absolute Gasteiger partial charge is 0.342 e. The summed E-state index contributed by atoms with van der Waals surface area (Å²) in [4.78, 5) is 25.7. The Bertz CT molecular complexity index is 792. The van der Waals surface area contributed by atoms with Gasteiger partial charge in [-0.2, -0.15) is 0 Å². The summed E-state index contributed by atoms with van der Waals surface area (Å²) < 4.78 is 0. The summed E-state index contributed by atoms with van der Waals surface area (Å²) in [6.45, 7) is 5.09. The third-order valence-corrected chi connectivity index (χ3v) is 6.06. The van der Waals surface area contributed by atoms with Crippen LogP contribution in [0.15, 0.2) is 18.2 Å². The van der Waals surface area contributed by atoms with E-state index < -0.39 is 0 Å². The maximum Gasteiger partial charge on any atom is 0.243 e. The summed E-state index contributed by atoms with van der Waals surface area (Å²) in [5.41, 5.74) is 2.87. The SMILES string of the molecule is O=C(Nc1ccc2nc(C3CCC3)[nH]c2c1)[C@@H]1CN2CCCN1CC2. The molecule has 2 bridgehead atoms. The number of H-pyrrole nitrogens is 1. The highest BCUT2D eigenvalue weighted by molar-refractivity contribution is 5.96. The molecule has 3 aliphatic heterocycles. The van der Waals surface area contributed by atoms with Crippen LogP contribution in [0, 0.1) is 0 Å². The number of benzene rings is 1. The molecule has 3 saturated heterocycles. The number of aromatic nitrogens is 2. The summed E-state index contributed by atoms with van der Waals surface area (Å²) in [5.74, 6) is 1.81. The van der Waals surface area contributed by atoms with E-state index in [1.807, 2.05) is 18.2 Å². The summed E-state index contributed by atoms with van der Waals surface area (Å²) in [7, 11) is 0. The molecule has 2 aromatic rings. The number of nitrogens with zero attached hydrogens (tertiary/aromatic N) is 3. The smallest absolute Gasteiger partial charge is 0.243 e. The molecule has 1 saturated carbocycles. The number of piperazine rings is 1. The van der Waals surface area contributed by atoms with Gasteiger partial charge in [0.2, 0.25) is 5.91 Å². The molecule has 4 fully saturated rings. The summed E-state index contributed by atoms with van der Waals surface area (Å²) in [6.07, 6.45) is 4.93. The normalized spacial score (nSPS) is 29.4. The zero-order valence-electron chi connectivity index (χ0n) is 14.5. The fourth-order valence-electron chi connectivity index (χ4n) is 4.30. The van der Waals surface area contributed by atoms with Crippen molar-refractivity contribution in [1.82, 2.24) is 19.8 Å². The Morgan fingerprint density at radius 2 is 2.08 bits per heavy atom. The van der Waals surface area contributed by atoms with Crippen molar-refractivity contribution in [2.75, 3.05) is 38.0 Å². The van der Waals surface area contributed by atoms with Gasteiger partial charge in [-0.15, -0.1) is 0 Å². The molecule has 132 valence electrons. The van der Waals surface area contributed by atoms with Gasteiger partial charge in [0, 0.05) is 37.8 Å². The molecule has 1 aliphatic carbocycles. The molecular formula is C19H25N5O. The molecule has 1 aromatic carbocycles. The number of carbonyl (C=O) groups is 1. The average Bonchev–Trinajstić information content (AvgIpc) is 2.72. The fraction of sp³-hybridized carbons (Fsp3) is 0.579. The lowest BCUT2D eigenvalue weighted by atomic mass is 9.85. The predicted octanol–water partition coefficient (Wildman–Crippen LogP) is 2.16. The van der Waals surface area contributed by atoms with Crippen molar-refractivity contribution in [3.8, 4) is 0 Å². The van der Waals surface area contributed by atoms with Crippen LogP contribution in [0.3, 0.4) is 0 Å². The Balaban J connectivity index is 1.33. The number of rotatable bonds is 3. The van der Waals surface area contributed by atoms with Gasteiger partial charge in [0.25, 0.3) is 0 Å². The van der Waals surface area contributed by atoms with Gasteiger partial charge in [0.15, 0.2) is 0 Å². The van der Waals surface area contributed by atoms with Crippen LogP contribution in [0.25, 0.3) is 11.0 Å². The number of amides is 1. The number of hydrogen-bond acceptors (Lipinski definition) is 4. The van der Waals surface area contributed by atoms with Gasteiger partial charge in [-0.05, 0) is 44.0 Å². The third-order valence-electron chi connectivity index (χ3n) is 6.06. The van der Waals surface area contributed by atoms with Crippen LogP contribution in [-0.4, -0.2) is 64.4 Å². The van der Waals surface area contributed by atoms with Crippen molar-refractivity contribution in [3.05, 3.63) is 24.0 Å². The number of aromatic amines is 1. The van der Waals surface area contributed by atoms with Crippen molar-refractivity contribution >= 4 is 22.6 Å². The Kier molecular flexibility index (Phi) is 3.75. The molecule has 3 atom stereocenters. The van der Waals surface area contributed by atoms with Gasteiger partial charge in [-0.3, -0.25) is 14.6 Å². The molecule has 25 heavy (non-hydrogen) atoms. The highest BCUT2D eigenvalue weighted by Crippen LogP contribution is 2.35. The van der Waals surface area contributed by atoms with E-state index in [0.717, 1.165) is 61.7 Å². The quantitative estimate of drug-likeness (QED) is 0.899. The highest BCUT2D eigenvalue weighted by Gasteiger charge is 2.34. The number of nitrogens with one attached hydrogen (secondary N) is 2. The van der Waals surface area contributed by atoms with E-state index in [2.05, 4.69) is 20.1 Å². The van der Waals surface area contributed by atoms with Crippen LogP contribution >= 0.6 is 0 Å². The van der Waals surface area contributed by atoms with E-state index in [-0.39, 0.29) is 11.9 Å². The fourth-order valence-corrected chi connectivity index (χ4v) is 4.30. The van der Waals surface area contributed by atoms with Gasteiger partial charge >= 0.3 is 0 Å². The van der Waals surface area contributed by atoms with Crippen LogP contribution in [0.1, 0.15) is 37.4 Å². The average molecular weight is 339 g/mol. The van der Waals surface area contributed by atoms with Crippen LogP contribution in [-0.2, 0) is 4.79 Å². The molecule has 2 N–H and O–H groups in total. The Labute approximate surface area is 147 Å². The van der Waals surface area contributed by atoms with E-state index in [0.29, 0.717) is 5.92 Å². The van der Waals surface area contributed by atoms with Crippen LogP contribution < -0.4 is 5.32 Å². The maximum absolute atomic E-state index is 12.8. The van der Waals surface area contributed by atoms with Gasteiger partial charge in [0.05, 0.1) is 11.0 Å². The van der Waals surface area contributed by atoms with Crippen molar-refractivity contribution < 1.29 is 4.79 Å². The monoisotopic (exact) mass is 339 g/mol. The molecular weight excluding hydrogens is 314 g/mol. The number of carbonyl (C=O) groups excluding carboxylic acids is 1. The predicted molar refractivity (Wildman–Crippen MR) is 97.7 cm³/mol.